The summed E-state index contributed by atoms with van der Waals surface area (Å²) in [5, 5.41) is 23.2. The van der Waals surface area contributed by atoms with Gasteiger partial charge in [0.15, 0.2) is 0 Å². The van der Waals surface area contributed by atoms with Crippen LogP contribution in [-0.4, -0.2) is 40.7 Å². The van der Waals surface area contributed by atoms with E-state index < -0.39 is 12.1 Å². The number of ketones is 1. The Balaban J connectivity index is 3.36. The molecule has 0 heterocycles. The van der Waals surface area contributed by atoms with Crippen LogP contribution in [0.4, 0.5) is 0 Å². The van der Waals surface area contributed by atoms with E-state index in [-0.39, 0.29) is 12.5 Å². The number of Topliss-reactive ketones (excluding diaryl/α,β-unsaturated/α-hetero) is 1. The third-order valence-corrected chi connectivity index (χ3v) is 15.8. The zero-order valence-corrected chi connectivity index (χ0v) is 49.7. The fourth-order valence-corrected chi connectivity index (χ4v) is 10.7. The van der Waals surface area contributed by atoms with Gasteiger partial charge in [-0.3, -0.25) is 9.59 Å². The summed E-state index contributed by atoms with van der Waals surface area (Å²) in [6, 6.07) is -0.624. The largest absolute Gasteiger partial charge is 0.394 e. The zero-order chi connectivity index (χ0) is 52.9. The molecule has 0 aromatic carbocycles. The van der Waals surface area contributed by atoms with E-state index in [0.717, 1.165) is 51.4 Å². The first kappa shape index (κ1) is 71.5. The number of unbranched alkanes of at least 4 members (excludes halogenated alkanes) is 50. The molecule has 0 unspecified atom stereocenters. The molecule has 0 aromatic rings. The fraction of sp³-hybridized carbons (Fsp3) is 0.912. The van der Waals surface area contributed by atoms with Crippen LogP contribution in [0.1, 0.15) is 380 Å². The third kappa shape index (κ3) is 59.6. The Morgan fingerprint density at radius 1 is 0.329 bits per heavy atom. The number of amides is 1. The zero-order valence-electron chi connectivity index (χ0n) is 49.7. The van der Waals surface area contributed by atoms with E-state index in [0.29, 0.717) is 12.2 Å². The molecule has 0 saturated carbocycles. The lowest BCUT2D eigenvalue weighted by Crippen LogP contribution is -2.45. The highest BCUT2D eigenvalue weighted by Gasteiger charge is 2.18. The van der Waals surface area contributed by atoms with Crippen molar-refractivity contribution >= 4 is 11.7 Å². The molecule has 0 saturated heterocycles. The van der Waals surface area contributed by atoms with Crippen LogP contribution in [0.25, 0.3) is 0 Å². The second kappa shape index (κ2) is 63.1. The number of allylic oxidation sites excluding steroid dienone is 3. The first-order valence-corrected chi connectivity index (χ1v) is 33.5. The van der Waals surface area contributed by atoms with Gasteiger partial charge in [-0.05, 0) is 57.8 Å². The summed E-state index contributed by atoms with van der Waals surface area (Å²) >= 11 is 0. The highest BCUT2D eigenvalue weighted by Crippen LogP contribution is 2.19. The minimum atomic E-state index is -0.840. The summed E-state index contributed by atoms with van der Waals surface area (Å²) in [5.74, 6) is 0.448. The van der Waals surface area contributed by atoms with Crippen LogP contribution in [0.2, 0.25) is 0 Å². The van der Waals surface area contributed by atoms with Crippen molar-refractivity contribution in [1.82, 2.24) is 5.32 Å². The fourth-order valence-electron chi connectivity index (χ4n) is 10.7. The van der Waals surface area contributed by atoms with Crippen molar-refractivity contribution in [2.45, 2.75) is 392 Å². The van der Waals surface area contributed by atoms with E-state index in [2.05, 4.69) is 31.3 Å². The summed E-state index contributed by atoms with van der Waals surface area (Å²) in [5.41, 5.74) is 0. The second-order valence-corrected chi connectivity index (χ2v) is 23.2. The van der Waals surface area contributed by atoms with Gasteiger partial charge in [-0.25, -0.2) is 0 Å². The lowest BCUT2D eigenvalue weighted by Gasteiger charge is -2.20. The molecule has 0 aliphatic rings. The second-order valence-electron chi connectivity index (χ2n) is 23.2. The molecule has 0 spiro atoms. The number of aliphatic hydroxyl groups is 2. The predicted octanol–water partition coefficient (Wildman–Crippen LogP) is 21.8. The van der Waals surface area contributed by atoms with Crippen LogP contribution in [0, 0.1) is 0 Å². The molecule has 0 aliphatic carbocycles. The number of carbonyl (C=O) groups is 2. The van der Waals surface area contributed by atoms with Crippen molar-refractivity contribution < 1.29 is 19.8 Å². The maximum Gasteiger partial charge on any atom is 0.220 e. The van der Waals surface area contributed by atoms with Gasteiger partial charge >= 0.3 is 0 Å². The summed E-state index contributed by atoms with van der Waals surface area (Å²) < 4.78 is 0. The number of nitrogens with one attached hydrogen (secondary N) is 1. The molecule has 2 atom stereocenters. The van der Waals surface area contributed by atoms with Crippen LogP contribution >= 0.6 is 0 Å². The van der Waals surface area contributed by atoms with Crippen molar-refractivity contribution in [2.75, 3.05) is 6.61 Å². The van der Waals surface area contributed by atoms with Gasteiger partial charge < -0.3 is 15.5 Å². The van der Waals surface area contributed by atoms with E-state index >= 15 is 0 Å². The van der Waals surface area contributed by atoms with Gasteiger partial charge in [0.05, 0.1) is 18.8 Å². The van der Waals surface area contributed by atoms with Gasteiger partial charge in [-0.15, -0.1) is 0 Å². The Hall–Kier alpha value is -1.46. The molecule has 5 nitrogen and oxygen atoms in total. The van der Waals surface area contributed by atoms with Crippen LogP contribution in [0.5, 0.6) is 0 Å². The molecule has 0 bridgehead atoms. The van der Waals surface area contributed by atoms with Crippen LogP contribution in [-0.2, 0) is 9.59 Å². The Morgan fingerprint density at radius 3 is 0.836 bits per heavy atom. The standard InChI is InChI=1S/C68H131NO4/c1-3-5-7-9-11-13-15-17-32-36-40-44-48-52-56-60-65(71)61-57-53-49-45-41-37-34-30-28-26-24-22-20-19-21-23-25-27-29-31-35-39-43-47-51-55-59-63-68(73)69-66(64-70)67(72)62-58-54-50-46-42-38-33-18-16-14-12-10-8-6-4-2/h17,32,58,62,66-67,70,72H,3-16,18-31,33-57,59-61,63-64H2,1-2H3,(H,69,73)/b32-17-,62-58+/t66-,67+/m0/s1. The van der Waals surface area contributed by atoms with Gasteiger partial charge in [0.25, 0.3) is 0 Å². The topological polar surface area (TPSA) is 86.6 Å². The van der Waals surface area contributed by atoms with Gasteiger partial charge in [-0.2, -0.15) is 0 Å². The summed E-state index contributed by atoms with van der Waals surface area (Å²) in [7, 11) is 0. The molecule has 5 heteroatoms. The van der Waals surface area contributed by atoms with E-state index in [9.17, 15) is 19.8 Å². The molecule has 3 N–H and O–H groups in total. The van der Waals surface area contributed by atoms with Gasteiger partial charge in [-0.1, -0.05) is 327 Å². The Bertz CT molecular complexity index is 1130. The van der Waals surface area contributed by atoms with Crippen LogP contribution in [0.3, 0.4) is 0 Å². The van der Waals surface area contributed by atoms with Crippen molar-refractivity contribution in [1.29, 1.82) is 0 Å². The number of aliphatic hydroxyl groups excluding tert-OH is 2. The first-order chi connectivity index (χ1) is 36.0. The van der Waals surface area contributed by atoms with Crippen molar-refractivity contribution in [2.24, 2.45) is 0 Å². The quantitative estimate of drug-likeness (QED) is 0.0418. The average Bonchev–Trinajstić information content (AvgIpc) is 3.39. The van der Waals surface area contributed by atoms with Crippen molar-refractivity contribution in [3.05, 3.63) is 24.3 Å². The minimum absolute atomic E-state index is 0.0615. The van der Waals surface area contributed by atoms with E-state index in [1.807, 2.05) is 6.08 Å². The highest BCUT2D eigenvalue weighted by molar-refractivity contribution is 5.78. The molecular weight excluding hydrogens is 895 g/mol. The molecule has 0 rings (SSSR count). The van der Waals surface area contributed by atoms with Gasteiger partial charge in [0.1, 0.15) is 5.78 Å². The van der Waals surface area contributed by atoms with E-state index in [1.54, 1.807) is 6.08 Å². The number of hydrogen-bond acceptors (Lipinski definition) is 4. The van der Waals surface area contributed by atoms with Gasteiger partial charge in [0.2, 0.25) is 5.91 Å². The average molecular weight is 1030 g/mol. The number of rotatable bonds is 63. The summed E-state index contributed by atoms with van der Waals surface area (Å²) in [4.78, 5) is 24.8. The SMILES string of the molecule is CCCCCCCC/C=C\CCCCCCCC(=O)CCCCCCCCCCCCCCCCCCCCCCCCCCCCCC(=O)N[C@@H](CO)[C@H](O)/C=C/CCCCCCCCCCCCCCC. The third-order valence-electron chi connectivity index (χ3n) is 15.8. The van der Waals surface area contributed by atoms with Crippen molar-refractivity contribution in [3.8, 4) is 0 Å². The Morgan fingerprint density at radius 2 is 0.562 bits per heavy atom. The number of hydrogen-bond donors (Lipinski definition) is 3. The predicted molar refractivity (Wildman–Crippen MR) is 323 cm³/mol. The summed E-state index contributed by atoms with van der Waals surface area (Å²) in [6.07, 6.45) is 81.4. The molecular formula is C68H131NO4. The molecule has 432 valence electrons. The van der Waals surface area contributed by atoms with Gasteiger partial charge in [0, 0.05) is 19.3 Å². The molecule has 0 aliphatic heterocycles. The normalized spacial score (nSPS) is 12.7. The molecule has 0 fully saturated rings. The molecule has 0 aromatic heterocycles. The highest BCUT2D eigenvalue weighted by atomic mass is 16.3. The smallest absolute Gasteiger partial charge is 0.220 e. The molecule has 1 amide bonds. The summed E-state index contributed by atoms with van der Waals surface area (Å²) in [6.45, 7) is 4.32. The lowest BCUT2D eigenvalue weighted by atomic mass is 10.0. The van der Waals surface area contributed by atoms with Crippen LogP contribution < -0.4 is 5.32 Å². The van der Waals surface area contributed by atoms with Crippen LogP contribution in [0.15, 0.2) is 24.3 Å². The minimum Gasteiger partial charge on any atom is -0.394 e. The van der Waals surface area contributed by atoms with E-state index in [1.165, 1.54) is 308 Å². The lowest BCUT2D eigenvalue weighted by molar-refractivity contribution is -0.123. The molecule has 73 heavy (non-hydrogen) atoms. The monoisotopic (exact) mass is 1030 g/mol. The maximum atomic E-state index is 12.5. The number of carbonyl (C=O) groups excluding carboxylic acids is 2. The first-order valence-electron chi connectivity index (χ1n) is 33.5. The van der Waals surface area contributed by atoms with E-state index in [4.69, 9.17) is 0 Å². The maximum absolute atomic E-state index is 12.5. The Labute approximate surface area is 457 Å². The van der Waals surface area contributed by atoms with Crippen molar-refractivity contribution in [3.63, 3.8) is 0 Å². The molecule has 0 radical (unpaired) electrons. The Kier molecular flexibility index (Phi) is 61.8.